The van der Waals surface area contributed by atoms with Gasteiger partial charge in [0.1, 0.15) is 17.3 Å². The Morgan fingerprint density at radius 2 is 1.92 bits per heavy atom. The summed E-state index contributed by atoms with van der Waals surface area (Å²) in [5.74, 6) is 2.23. The molecule has 0 saturated heterocycles. The number of nitrogens with zero attached hydrogens (tertiary/aromatic N) is 2. The lowest BCUT2D eigenvalue weighted by Crippen LogP contribution is -2.06. The fourth-order valence-electron chi connectivity index (χ4n) is 2.37. The monoisotopic (exact) mass is 340 g/mol. The van der Waals surface area contributed by atoms with Gasteiger partial charge >= 0.3 is 0 Å². The molecule has 1 aromatic heterocycles. The first-order chi connectivity index (χ1) is 11.6. The van der Waals surface area contributed by atoms with Gasteiger partial charge in [0.2, 0.25) is 0 Å². The Labute approximate surface area is 145 Å². The number of carbonyl (C=O) groups is 1. The standard InChI is InChI=1S/C19H17ClN2O2/c1-14-21-11-13-22(14)12-10-18(23)15-6-8-16(9-7-15)24-19-5-3-2-4-17(19)20/h2-9,11,13H,10,12H2,1H3. The molecule has 0 saturated carbocycles. The number of rotatable bonds is 6. The lowest BCUT2D eigenvalue weighted by Gasteiger charge is -2.08. The molecule has 0 aliphatic rings. The summed E-state index contributed by atoms with van der Waals surface area (Å²) in [6, 6.07) is 14.4. The Balaban J connectivity index is 1.62. The lowest BCUT2D eigenvalue weighted by atomic mass is 10.1. The molecule has 0 radical (unpaired) electrons. The van der Waals surface area contributed by atoms with Crippen LogP contribution in [0.2, 0.25) is 5.02 Å². The highest BCUT2D eigenvalue weighted by molar-refractivity contribution is 6.32. The van der Waals surface area contributed by atoms with Crippen LogP contribution in [-0.2, 0) is 6.54 Å². The first-order valence-corrected chi connectivity index (χ1v) is 8.04. The van der Waals surface area contributed by atoms with Crippen molar-refractivity contribution in [3.63, 3.8) is 0 Å². The fraction of sp³-hybridized carbons (Fsp3) is 0.158. The van der Waals surface area contributed by atoms with Crippen molar-refractivity contribution in [1.82, 2.24) is 9.55 Å². The predicted molar refractivity (Wildman–Crippen MR) is 93.9 cm³/mol. The largest absolute Gasteiger partial charge is 0.456 e. The summed E-state index contributed by atoms with van der Waals surface area (Å²) >= 11 is 6.07. The molecular formula is C19H17ClN2O2. The minimum Gasteiger partial charge on any atom is -0.456 e. The first kappa shape index (κ1) is 16.3. The van der Waals surface area contributed by atoms with Crippen LogP contribution < -0.4 is 4.74 Å². The second-order valence-corrected chi connectivity index (χ2v) is 5.81. The maximum Gasteiger partial charge on any atom is 0.164 e. The SMILES string of the molecule is Cc1nccn1CCC(=O)c1ccc(Oc2ccccc2Cl)cc1. The molecule has 0 spiro atoms. The van der Waals surface area contributed by atoms with E-state index in [4.69, 9.17) is 16.3 Å². The minimum absolute atomic E-state index is 0.0902. The summed E-state index contributed by atoms with van der Waals surface area (Å²) in [5.41, 5.74) is 0.666. The van der Waals surface area contributed by atoms with Crippen LogP contribution >= 0.6 is 11.6 Å². The second-order valence-electron chi connectivity index (χ2n) is 5.40. The van der Waals surface area contributed by atoms with E-state index in [1.165, 1.54) is 0 Å². The van der Waals surface area contributed by atoms with Crippen molar-refractivity contribution in [1.29, 1.82) is 0 Å². The zero-order chi connectivity index (χ0) is 16.9. The molecule has 0 bridgehead atoms. The van der Waals surface area contributed by atoms with Crippen LogP contribution in [0.4, 0.5) is 0 Å². The van der Waals surface area contributed by atoms with E-state index in [9.17, 15) is 4.79 Å². The van der Waals surface area contributed by atoms with Gasteiger partial charge in [-0.05, 0) is 43.3 Å². The van der Waals surface area contributed by atoms with Gasteiger partial charge < -0.3 is 9.30 Å². The molecule has 3 aromatic rings. The van der Waals surface area contributed by atoms with Crippen molar-refractivity contribution in [3.8, 4) is 11.5 Å². The molecule has 1 heterocycles. The predicted octanol–water partition coefficient (Wildman–Crippen LogP) is 4.91. The molecule has 122 valence electrons. The number of hydrogen-bond donors (Lipinski definition) is 0. The molecule has 0 N–H and O–H groups in total. The van der Waals surface area contributed by atoms with Crippen molar-refractivity contribution >= 4 is 17.4 Å². The summed E-state index contributed by atoms with van der Waals surface area (Å²) in [6.45, 7) is 2.55. The van der Waals surface area contributed by atoms with E-state index in [0.717, 1.165) is 5.82 Å². The summed E-state index contributed by atoms with van der Waals surface area (Å²) in [6.07, 6.45) is 4.05. The molecule has 0 unspecified atom stereocenters. The number of para-hydroxylation sites is 1. The highest BCUT2D eigenvalue weighted by Gasteiger charge is 2.08. The molecule has 0 fully saturated rings. The molecule has 2 aromatic carbocycles. The first-order valence-electron chi connectivity index (χ1n) is 7.67. The highest BCUT2D eigenvalue weighted by Crippen LogP contribution is 2.28. The van der Waals surface area contributed by atoms with Crippen molar-refractivity contribution in [2.45, 2.75) is 19.9 Å². The quantitative estimate of drug-likeness (QED) is 0.599. The van der Waals surface area contributed by atoms with Crippen molar-refractivity contribution < 1.29 is 9.53 Å². The van der Waals surface area contributed by atoms with E-state index >= 15 is 0 Å². The number of ketones is 1. The average Bonchev–Trinajstić information content (AvgIpc) is 3.00. The summed E-state index contributed by atoms with van der Waals surface area (Å²) in [7, 11) is 0. The van der Waals surface area contributed by atoms with Crippen LogP contribution in [-0.4, -0.2) is 15.3 Å². The molecular weight excluding hydrogens is 324 g/mol. The van der Waals surface area contributed by atoms with E-state index in [1.807, 2.05) is 29.8 Å². The number of halogens is 1. The topological polar surface area (TPSA) is 44.1 Å². The molecule has 0 amide bonds. The summed E-state index contributed by atoms with van der Waals surface area (Å²) in [5, 5.41) is 0.549. The number of Topliss-reactive ketones (excluding diaryl/α,β-unsaturated/α-hetero) is 1. The number of imidazole rings is 1. The van der Waals surface area contributed by atoms with Gasteiger partial charge in [0.05, 0.1) is 5.02 Å². The normalized spacial score (nSPS) is 10.6. The van der Waals surface area contributed by atoms with Gasteiger partial charge in [-0.3, -0.25) is 4.79 Å². The number of hydrogen-bond acceptors (Lipinski definition) is 3. The Bertz CT molecular complexity index is 841. The van der Waals surface area contributed by atoms with Crippen LogP contribution in [0.15, 0.2) is 60.9 Å². The zero-order valence-electron chi connectivity index (χ0n) is 13.3. The molecule has 0 atom stereocenters. The molecule has 3 rings (SSSR count). The van der Waals surface area contributed by atoms with E-state index < -0.39 is 0 Å². The van der Waals surface area contributed by atoms with Gasteiger partial charge in [-0.2, -0.15) is 0 Å². The highest BCUT2D eigenvalue weighted by atomic mass is 35.5. The molecule has 0 aliphatic heterocycles. The Kier molecular flexibility index (Phi) is 4.96. The molecule has 0 aliphatic carbocycles. The summed E-state index contributed by atoms with van der Waals surface area (Å²) in [4.78, 5) is 16.4. The van der Waals surface area contributed by atoms with Gasteiger partial charge in [0, 0.05) is 30.9 Å². The van der Waals surface area contributed by atoms with Crippen LogP contribution in [0.1, 0.15) is 22.6 Å². The molecule has 24 heavy (non-hydrogen) atoms. The zero-order valence-corrected chi connectivity index (χ0v) is 14.0. The summed E-state index contributed by atoms with van der Waals surface area (Å²) < 4.78 is 7.69. The number of carbonyl (C=O) groups excluding carboxylic acids is 1. The third-order valence-corrected chi connectivity index (χ3v) is 4.06. The average molecular weight is 341 g/mol. The number of ether oxygens (including phenoxy) is 1. The maximum absolute atomic E-state index is 12.3. The smallest absolute Gasteiger partial charge is 0.164 e. The van der Waals surface area contributed by atoms with Gasteiger partial charge in [-0.1, -0.05) is 23.7 Å². The third kappa shape index (κ3) is 3.84. The number of aryl methyl sites for hydroxylation is 2. The number of benzene rings is 2. The maximum atomic E-state index is 12.3. The van der Waals surface area contributed by atoms with E-state index in [2.05, 4.69) is 4.98 Å². The van der Waals surface area contributed by atoms with Crippen molar-refractivity contribution in [3.05, 3.63) is 77.3 Å². The van der Waals surface area contributed by atoms with Gasteiger partial charge in [0.15, 0.2) is 5.78 Å². The Morgan fingerprint density at radius 3 is 2.58 bits per heavy atom. The van der Waals surface area contributed by atoms with E-state index in [1.54, 1.807) is 42.6 Å². The molecule has 5 heteroatoms. The van der Waals surface area contributed by atoms with Crippen LogP contribution in [0.5, 0.6) is 11.5 Å². The minimum atomic E-state index is 0.0902. The van der Waals surface area contributed by atoms with Crippen LogP contribution in [0.25, 0.3) is 0 Å². The third-order valence-electron chi connectivity index (χ3n) is 3.74. The van der Waals surface area contributed by atoms with E-state index in [0.29, 0.717) is 35.1 Å². The molecule has 4 nitrogen and oxygen atoms in total. The van der Waals surface area contributed by atoms with Gasteiger partial charge in [0.25, 0.3) is 0 Å². The van der Waals surface area contributed by atoms with E-state index in [-0.39, 0.29) is 5.78 Å². The van der Waals surface area contributed by atoms with Crippen LogP contribution in [0.3, 0.4) is 0 Å². The fourth-order valence-corrected chi connectivity index (χ4v) is 2.54. The number of aromatic nitrogens is 2. The van der Waals surface area contributed by atoms with Crippen LogP contribution in [0, 0.1) is 6.92 Å². The van der Waals surface area contributed by atoms with Crippen molar-refractivity contribution in [2.24, 2.45) is 0 Å². The lowest BCUT2D eigenvalue weighted by molar-refractivity contribution is 0.0977. The second kappa shape index (κ2) is 7.32. The van der Waals surface area contributed by atoms with Gasteiger partial charge in [-0.15, -0.1) is 0 Å². The Morgan fingerprint density at radius 1 is 1.17 bits per heavy atom. The van der Waals surface area contributed by atoms with Gasteiger partial charge in [-0.25, -0.2) is 4.98 Å². The van der Waals surface area contributed by atoms with Crippen molar-refractivity contribution in [2.75, 3.05) is 0 Å². The Hall–Kier alpha value is -2.59.